The highest BCUT2D eigenvalue weighted by Gasteiger charge is 2.16. The number of benzene rings is 1. The molecule has 0 aliphatic rings. The van der Waals surface area contributed by atoms with E-state index in [9.17, 15) is 10.1 Å². The molecule has 1 heterocycles. The summed E-state index contributed by atoms with van der Waals surface area (Å²) in [5.74, 6) is 1.49. The lowest BCUT2D eigenvalue weighted by Gasteiger charge is -2.15. The smallest absolute Gasteiger partial charge is 0.292 e. The van der Waals surface area contributed by atoms with Gasteiger partial charge in [-0.15, -0.1) is 0 Å². The number of nitro groups is 1. The van der Waals surface area contributed by atoms with Crippen molar-refractivity contribution < 1.29 is 14.1 Å². The molecule has 1 unspecified atom stereocenters. The molecular weight excluding hydrogens is 272 g/mol. The molecule has 0 fully saturated rings. The van der Waals surface area contributed by atoms with Gasteiger partial charge in [-0.05, 0) is 31.5 Å². The quantitative estimate of drug-likeness (QED) is 0.622. The molecule has 0 aliphatic carbocycles. The number of hydrogen-bond acceptors (Lipinski definition) is 5. The monoisotopic (exact) mass is 290 g/mol. The summed E-state index contributed by atoms with van der Waals surface area (Å²) in [5.41, 5.74) is 0.506. The van der Waals surface area contributed by atoms with Crippen molar-refractivity contribution in [3.8, 4) is 5.75 Å². The van der Waals surface area contributed by atoms with Crippen LogP contribution < -0.4 is 10.1 Å². The maximum atomic E-state index is 11.1. The van der Waals surface area contributed by atoms with Gasteiger partial charge in [0.1, 0.15) is 17.2 Å². The van der Waals surface area contributed by atoms with Crippen molar-refractivity contribution in [2.75, 3.05) is 12.4 Å². The van der Waals surface area contributed by atoms with Crippen LogP contribution in [0.3, 0.4) is 0 Å². The Bertz CT molecular complexity index is 596. The van der Waals surface area contributed by atoms with Crippen LogP contribution >= 0.6 is 0 Å². The number of methoxy groups -OCH3 is 1. The molecule has 0 amide bonds. The number of furan rings is 1. The molecule has 21 heavy (non-hydrogen) atoms. The largest absolute Gasteiger partial charge is 0.497 e. The van der Waals surface area contributed by atoms with Crippen LogP contribution in [0.5, 0.6) is 5.75 Å². The maximum absolute atomic E-state index is 11.1. The number of rotatable bonds is 7. The lowest BCUT2D eigenvalue weighted by atomic mass is 10.1. The SMILES string of the molecule is COc1ccc([N+](=O)[O-])c(NC(C)CCc2ccco2)c1. The second-order valence-electron chi connectivity index (χ2n) is 4.80. The van der Waals surface area contributed by atoms with Gasteiger partial charge in [0.15, 0.2) is 0 Å². The fraction of sp³-hybridized carbons (Fsp3) is 0.333. The summed E-state index contributed by atoms with van der Waals surface area (Å²) in [6.07, 6.45) is 3.22. The van der Waals surface area contributed by atoms with Gasteiger partial charge in [-0.2, -0.15) is 0 Å². The van der Waals surface area contributed by atoms with Crippen LogP contribution in [0.4, 0.5) is 11.4 Å². The van der Waals surface area contributed by atoms with Crippen LogP contribution in [0.1, 0.15) is 19.1 Å². The standard InChI is InChI=1S/C15H18N2O4/c1-11(5-6-12-4-3-9-21-12)16-14-10-13(20-2)7-8-15(14)17(18)19/h3-4,7-11,16H,5-6H2,1-2H3. The molecule has 6 heteroatoms. The number of nitro benzene ring substituents is 1. The molecule has 1 atom stereocenters. The minimum Gasteiger partial charge on any atom is -0.497 e. The zero-order valence-electron chi connectivity index (χ0n) is 12.0. The van der Waals surface area contributed by atoms with E-state index in [0.29, 0.717) is 11.4 Å². The summed E-state index contributed by atoms with van der Waals surface area (Å²) in [6.45, 7) is 1.98. The highest BCUT2D eigenvalue weighted by Crippen LogP contribution is 2.29. The first-order valence-electron chi connectivity index (χ1n) is 6.71. The second-order valence-corrected chi connectivity index (χ2v) is 4.80. The first kappa shape index (κ1) is 14.9. The Kier molecular flexibility index (Phi) is 4.81. The van der Waals surface area contributed by atoms with Crippen molar-refractivity contribution in [1.82, 2.24) is 0 Å². The predicted molar refractivity (Wildman–Crippen MR) is 79.8 cm³/mol. The van der Waals surface area contributed by atoms with Crippen LogP contribution in [-0.2, 0) is 6.42 Å². The van der Waals surface area contributed by atoms with E-state index in [0.717, 1.165) is 18.6 Å². The molecule has 112 valence electrons. The van der Waals surface area contributed by atoms with Gasteiger partial charge in [0.25, 0.3) is 5.69 Å². The van der Waals surface area contributed by atoms with Gasteiger partial charge in [-0.1, -0.05) is 0 Å². The normalized spacial score (nSPS) is 11.9. The van der Waals surface area contributed by atoms with E-state index in [1.54, 1.807) is 18.4 Å². The zero-order valence-corrected chi connectivity index (χ0v) is 12.0. The Morgan fingerprint density at radius 1 is 1.43 bits per heavy atom. The van der Waals surface area contributed by atoms with Crippen molar-refractivity contribution in [3.05, 3.63) is 52.5 Å². The second kappa shape index (κ2) is 6.78. The van der Waals surface area contributed by atoms with Gasteiger partial charge in [0, 0.05) is 24.6 Å². The fourth-order valence-electron chi connectivity index (χ4n) is 2.07. The summed E-state index contributed by atoms with van der Waals surface area (Å²) in [5, 5.41) is 14.2. The Labute approximate surface area is 122 Å². The predicted octanol–water partition coefficient (Wildman–Crippen LogP) is 3.63. The molecule has 1 aromatic carbocycles. The van der Waals surface area contributed by atoms with Crippen molar-refractivity contribution in [3.63, 3.8) is 0 Å². The number of nitrogens with zero attached hydrogens (tertiary/aromatic N) is 1. The first-order valence-corrected chi connectivity index (χ1v) is 6.71. The Morgan fingerprint density at radius 3 is 2.86 bits per heavy atom. The summed E-state index contributed by atoms with van der Waals surface area (Å²) in [4.78, 5) is 10.7. The third-order valence-electron chi connectivity index (χ3n) is 3.21. The fourth-order valence-corrected chi connectivity index (χ4v) is 2.07. The summed E-state index contributed by atoms with van der Waals surface area (Å²) in [6, 6.07) is 8.50. The molecule has 0 radical (unpaired) electrons. The van der Waals surface area contributed by atoms with Gasteiger partial charge in [0.2, 0.25) is 0 Å². The van der Waals surface area contributed by atoms with E-state index < -0.39 is 4.92 Å². The zero-order chi connectivity index (χ0) is 15.2. The lowest BCUT2D eigenvalue weighted by Crippen LogP contribution is -2.16. The van der Waals surface area contributed by atoms with Gasteiger partial charge in [-0.3, -0.25) is 10.1 Å². The Hall–Kier alpha value is -2.50. The molecule has 0 saturated carbocycles. The Morgan fingerprint density at radius 2 is 2.24 bits per heavy atom. The van der Waals surface area contributed by atoms with Crippen LogP contribution in [0, 0.1) is 10.1 Å². The minimum absolute atomic E-state index is 0.0423. The van der Waals surface area contributed by atoms with E-state index in [2.05, 4.69) is 5.32 Å². The molecule has 1 N–H and O–H groups in total. The molecular formula is C15H18N2O4. The highest BCUT2D eigenvalue weighted by molar-refractivity contribution is 5.64. The highest BCUT2D eigenvalue weighted by atomic mass is 16.6. The molecule has 6 nitrogen and oxygen atoms in total. The third-order valence-corrected chi connectivity index (χ3v) is 3.21. The number of hydrogen-bond donors (Lipinski definition) is 1. The molecule has 0 spiro atoms. The van der Waals surface area contributed by atoms with Gasteiger partial charge in [-0.25, -0.2) is 0 Å². The van der Waals surface area contributed by atoms with Crippen LogP contribution in [-0.4, -0.2) is 18.1 Å². The maximum Gasteiger partial charge on any atom is 0.292 e. The first-order chi connectivity index (χ1) is 10.1. The average molecular weight is 290 g/mol. The van der Waals surface area contributed by atoms with Crippen molar-refractivity contribution >= 4 is 11.4 Å². The lowest BCUT2D eigenvalue weighted by molar-refractivity contribution is -0.384. The van der Waals surface area contributed by atoms with Crippen molar-refractivity contribution in [1.29, 1.82) is 0 Å². The van der Waals surface area contributed by atoms with E-state index in [1.165, 1.54) is 13.2 Å². The van der Waals surface area contributed by atoms with Gasteiger partial charge in [0.05, 0.1) is 18.3 Å². The average Bonchev–Trinajstić information content (AvgIpc) is 2.98. The Balaban J connectivity index is 2.04. The molecule has 2 aromatic rings. The van der Waals surface area contributed by atoms with Crippen LogP contribution in [0.15, 0.2) is 41.0 Å². The summed E-state index contributed by atoms with van der Waals surface area (Å²) < 4.78 is 10.4. The van der Waals surface area contributed by atoms with Gasteiger partial charge < -0.3 is 14.5 Å². The van der Waals surface area contributed by atoms with Crippen LogP contribution in [0.25, 0.3) is 0 Å². The van der Waals surface area contributed by atoms with E-state index >= 15 is 0 Å². The summed E-state index contributed by atoms with van der Waals surface area (Å²) in [7, 11) is 1.53. The van der Waals surface area contributed by atoms with Crippen molar-refractivity contribution in [2.45, 2.75) is 25.8 Å². The molecule has 0 saturated heterocycles. The molecule has 2 rings (SSSR count). The molecule has 1 aromatic heterocycles. The van der Waals surface area contributed by atoms with E-state index in [-0.39, 0.29) is 11.7 Å². The van der Waals surface area contributed by atoms with Crippen LogP contribution in [0.2, 0.25) is 0 Å². The number of anilines is 1. The molecule has 0 bridgehead atoms. The third kappa shape index (κ3) is 3.98. The summed E-state index contributed by atoms with van der Waals surface area (Å²) >= 11 is 0. The number of ether oxygens (including phenoxy) is 1. The van der Waals surface area contributed by atoms with Crippen molar-refractivity contribution in [2.24, 2.45) is 0 Å². The van der Waals surface area contributed by atoms with Gasteiger partial charge >= 0.3 is 0 Å². The van der Waals surface area contributed by atoms with E-state index in [4.69, 9.17) is 9.15 Å². The van der Waals surface area contributed by atoms with E-state index in [1.807, 2.05) is 19.1 Å². The molecule has 0 aliphatic heterocycles. The minimum atomic E-state index is -0.402. The number of aryl methyl sites for hydroxylation is 1. The topological polar surface area (TPSA) is 77.5 Å². The number of nitrogens with one attached hydrogen (secondary N) is 1.